The fraction of sp³-hybridized carbons (Fsp3) is 0.429. The molecule has 2 N–H and O–H groups in total. The molecule has 2 aliphatic rings. The largest absolute Gasteiger partial charge is 0.393 e. The highest BCUT2D eigenvalue weighted by Gasteiger charge is 2.32. The lowest BCUT2D eigenvalue weighted by Crippen LogP contribution is -2.42. The normalized spacial score (nSPS) is 25.6. The maximum Gasteiger partial charge on any atom is 0.296 e. The van der Waals surface area contributed by atoms with Crippen LogP contribution in [0.1, 0.15) is 23.7 Å². The van der Waals surface area contributed by atoms with Gasteiger partial charge in [-0.1, -0.05) is 6.92 Å². The summed E-state index contributed by atoms with van der Waals surface area (Å²) in [5.41, 5.74) is 0.800. The summed E-state index contributed by atoms with van der Waals surface area (Å²) in [5, 5.41) is 12.2. The van der Waals surface area contributed by atoms with Crippen LogP contribution in [0.4, 0.5) is 15.8 Å². The van der Waals surface area contributed by atoms with Gasteiger partial charge in [0.1, 0.15) is 5.82 Å². The minimum atomic E-state index is -0.723. The van der Waals surface area contributed by atoms with Crippen molar-refractivity contribution in [3.8, 4) is 0 Å². The van der Waals surface area contributed by atoms with Crippen LogP contribution >= 0.6 is 0 Å². The molecule has 5 nitrogen and oxygen atoms in total. The summed E-state index contributed by atoms with van der Waals surface area (Å²) in [6.45, 7) is 3.00. The van der Waals surface area contributed by atoms with Gasteiger partial charge in [-0.15, -0.1) is 0 Å². The predicted molar refractivity (Wildman–Crippen MR) is 71.4 cm³/mol. The number of amides is 1. The van der Waals surface area contributed by atoms with Gasteiger partial charge in [0.25, 0.3) is 11.7 Å². The number of ketones is 1. The predicted octanol–water partition coefficient (Wildman–Crippen LogP) is 1.17. The molecule has 2 unspecified atom stereocenters. The van der Waals surface area contributed by atoms with Gasteiger partial charge in [0.2, 0.25) is 0 Å². The molecule has 0 aliphatic carbocycles. The minimum absolute atomic E-state index is 0.0487. The van der Waals surface area contributed by atoms with E-state index < -0.39 is 17.5 Å². The third-order valence-electron chi connectivity index (χ3n) is 3.99. The number of piperidine rings is 1. The highest BCUT2D eigenvalue weighted by Crippen LogP contribution is 2.33. The molecule has 2 aliphatic heterocycles. The van der Waals surface area contributed by atoms with E-state index in [1.165, 1.54) is 6.07 Å². The Hall–Kier alpha value is -1.95. The van der Waals surface area contributed by atoms with Crippen LogP contribution in [-0.4, -0.2) is 36.0 Å². The van der Waals surface area contributed by atoms with Gasteiger partial charge >= 0.3 is 0 Å². The zero-order chi connectivity index (χ0) is 14.4. The van der Waals surface area contributed by atoms with Gasteiger partial charge in [-0.2, -0.15) is 0 Å². The van der Waals surface area contributed by atoms with E-state index in [4.69, 9.17) is 0 Å². The summed E-state index contributed by atoms with van der Waals surface area (Å²) in [7, 11) is 0. The number of Topliss-reactive ketones (excluding diaryl/α,β-unsaturated/α-hetero) is 1. The maximum absolute atomic E-state index is 14.2. The third kappa shape index (κ3) is 1.96. The Morgan fingerprint density at radius 1 is 1.40 bits per heavy atom. The first-order valence-electron chi connectivity index (χ1n) is 6.59. The van der Waals surface area contributed by atoms with E-state index in [0.29, 0.717) is 30.9 Å². The van der Waals surface area contributed by atoms with Gasteiger partial charge in [0.15, 0.2) is 0 Å². The fourth-order valence-electron chi connectivity index (χ4n) is 2.75. The highest BCUT2D eigenvalue weighted by molar-refractivity contribution is 6.51. The molecule has 0 saturated carbocycles. The molecule has 0 bridgehead atoms. The van der Waals surface area contributed by atoms with Crippen LogP contribution in [0.3, 0.4) is 0 Å². The number of carbonyl (C=O) groups excluding carboxylic acids is 2. The van der Waals surface area contributed by atoms with Gasteiger partial charge in [-0.05, 0) is 24.5 Å². The van der Waals surface area contributed by atoms with E-state index in [1.807, 2.05) is 11.8 Å². The number of halogens is 1. The van der Waals surface area contributed by atoms with Crippen molar-refractivity contribution in [2.24, 2.45) is 5.92 Å². The Kier molecular flexibility index (Phi) is 2.97. The van der Waals surface area contributed by atoms with Crippen LogP contribution in [0.5, 0.6) is 0 Å². The molecule has 1 aromatic rings. The monoisotopic (exact) mass is 278 g/mol. The SMILES string of the molecule is CC1CN(c2cc3c(cc2F)C(=O)C(=O)N3)CCC1O. The van der Waals surface area contributed by atoms with Crippen molar-refractivity contribution >= 4 is 23.1 Å². The summed E-state index contributed by atoms with van der Waals surface area (Å²) < 4.78 is 14.2. The van der Waals surface area contributed by atoms with Gasteiger partial charge in [-0.3, -0.25) is 9.59 Å². The number of aliphatic hydroxyl groups excluding tert-OH is 1. The lowest BCUT2D eigenvalue weighted by Gasteiger charge is -2.36. The minimum Gasteiger partial charge on any atom is -0.393 e. The number of aliphatic hydroxyl groups is 1. The number of nitrogens with one attached hydrogen (secondary N) is 1. The lowest BCUT2D eigenvalue weighted by atomic mass is 9.96. The summed E-state index contributed by atoms with van der Waals surface area (Å²) in [6.07, 6.45) is 0.202. The zero-order valence-corrected chi connectivity index (χ0v) is 11.0. The second-order valence-electron chi connectivity index (χ2n) is 5.41. The third-order valence-corrected chi connectivity index (χ3v) is 3.99. The molecule has 2 atom stereocenters. The first-order chi connectivity index (χ1) is 9.47. The average molecular weight is 278 g/mol. The van der Waals surface area contributed by atoms with Crippen molar-refractivity contribution in [1.82, 2.24) is 0 Å². The van der Waals surface area contributed by atoms with E-state index in [9.17, 15) is 19.1 Å². The summed E-state index contributed by atoms with van der Waals surface area (Å²) in [5.74, 6) is -1.89. The van der Waals surface area contributed by atoms with Crippen molar-refractivity contribution in [1.29, 1.82) is 0 Å². The van der Waals surface area contributed by atoms with Crippen molar-refractivity contribution in [3.05, 3.63) is 23.5 Å². The number of anilines is 2. The van der Waals surface area contributed by atoms with Crippen LogP contribution in [0.15, 0.2) is 12.1 Å². The number of rotatable bonds is 1. The molecule has 3 rings (SSSR count). The van der Waals surface area contributed by atoms with Crippen LogP contribution in [-0.2, 0) is 4.79 Å². The first kappa shape index (κ1) is 13.1. The molecule has 106 valence electrons. The summed E-state index contributed by atoms with van der Waals surface area (Å²) >= 11 is 0. The number of fused-ring (bicyclic) bond motifs is 1. The Bertz CT molecular complexity index is 602. The molecule has 1 amide bonds. The number of carbonyl (C=O) groups is 2. The number of hydrogen-bond donors (Lipinski definition) is 2. The molecule has 1 aromatic carbocycles. The Labute approximate surface area is 115 Å². The molecular formula is C14H15FN2O3. The van der Waals surface area contributed by atoms with Crippen LogP contribution in [0.2, 0.25) is 0 Å². The van der Waals surface area contributed by atoms with Crippen molar-refractivity contribution in [3.63, 3.8) is 0 Å². The zero-order valence-electron chi connectivity index (χ0n) is 11.0. The Morgan fingerprint density at radius 2 is 2.15 bits per heavy atom. The van der Waals surface area contributed by atoms with Gasteiger partial charge in [0, 0.05) is 13.1 Å². The highest BCUT2D eigenvalue weighted by atomic mass is 19.1. The second kappa shape index (κ2) is 4.56. The molecule has 0 spiro atoms. The van der Waals surface area contributed by atoms with E-state index in [-0.39, 0.29) is 17.6 Å². The first-order valence-corrected chi connectivity index (χ1v) is 6.59. The molecule has 6 heteroatoms. The maximum atomic E-state index is 14.2. The van der Waals surface area contributed by atoms with E-state index in [0.717, 1.165) is 6.07 Å². The molecule has 2 heterocycles. The number of nitrogens with zero attached hydrogens (tertiary/aromatic N) is 1. The van der Waals surface area contributed by atoms with Crippen molar-refractivity contribution < 1.29 is 19.1 Å². The van der Waals surface area contributed by atoms with Crippen LogP contribution < -0.4 is 10.2 Å². The van der Waals surface area contributed by atoms with Crippen LogP contribution in [0.25, 0.3) is 0 Å². The number of benzene rings is 1. The van der Waals surface area contributed by atoms with Crippen molar-refractivity contribution in [2.45, 2.75) is 19.4 Å². The smallest absolute Gasteiger partial charge is 0.296 e. The summed E-state index contributed by atoms with van der Waals surface area (Å²) in [4.78, 5) is 24.6. The molecule has 1 saturated heterocycles. The van der Waals surface area contributed by atoms with Crippen molar-refractivity contribution in [2.75, 3.05) is 23.3 Å². The van der Waals surface area contributed by atoms with E-state index in [1.54, 1.807) is 0 Å². The molecule has 0 radical (unpaired) electrons. The Morgan fingerprint density at radius 3 is 2.85 bits per heavy atom. The van der Waals surface area contributed by atoms with Gasteiger partial charge in [-0.25, -0.2) is 4.39 Å². The number of hydrogen-bond acceptors (Lipinski definition) is 4. The molecule has 1 fully saturated rings. The summed E-state index contributed by atoms with van der Waals surface area (Å²) in [6, 6.07) is 2.61. The molecule has 20 heavy (non-hydrogen) atoms. The molecular weight excluding hydrogens is 263 g/mol. The second-order valence-corrected chi connectivity index (χ2v) is 5.41. The topological polar surface area (TPSA) is 69.6 Å². The van der Waals surface area contributed by atoms with Gasteiger partial charge < -0.3 is 15.3 Å². The quantitative estimate of drug-likeness (QED) is 0.757. The standard InChI is InChI=1S/C14H15FN2O3/c1-7-6-17(3-2-12(7)18)11-5-10-8(4-9(11)15)13(19)14(20)16-10/h4-5,7,12,18H,2-3,6H2,1H3,(H,16,19,20). The average Bonchev–Trinajstić information content (AvgIpc) is 2.68. The fourth-order valence-corrected chi connectivity index (χ4v) is 2.75. The van der Waals surface area contributed by atoms with Crippen LogP contribution in [0, 0.1) is 11.7 Å². The lowest BCUT2D eigenvalue weighted by molar-refractivity contribution is -0.112. The van der Waals surface area contributed by atoms with E-state index >= 15 is 0 Å². The Balaban J connectivity index is 1.94. The molecule has 0 aromatic heterocycles. The van der Waals surface area contributed by atoms with Gasteiger partial charge in [0.05, 0.1) is 23.0 Å². The van der Waals surface area contributed by atoms with E-state index in [2.05, 4.69) is 5.32 Å².